The summed E-state index contributed by atoms with van der Waals surface area (Å²) in [5.41, 5.74) is 3.10. The predicted octanol–water partition coefficient (Wildman–Crippen LogP) is 8.34. The molecule has 0 aromatic rings. The Labute approximate surface area is 153 Å². The molecule has 0 N–H and O–H groups in total. The van der Waals surface area contributed by atoms with Crippen molar-refractivity contribution in [1.82, 2.24) is 0 Å². The van der Waals surface area contributed by atoms with Crippen LogP contribution in [0.15, 0.2) is 23.8 Å². The van der Waals surface area contributed by atoms with Crippen LogP contribution in [0.4, 0.5) is 0 Å². The van der Waals surface area contributed by atoms with Gasteiger partial charge in [0.25, 0.3) is 0 Å². The van der Waals surface area contributed by atoms with E-state index in [4.69, 9.17) is 0 Å². The van der Waals surface area contributed by atoms with E-state index < -0.39 is 0 Å². The van der Waals surface area contributed by atoms with Crippen molar-refractivity contribution in [3.05, 3.63) is 23.8 Å². The molecular formula is C24H44. The number of rotatable bonds is 14. The first-order valence-electron chi connectivity index (χ1n) is 10.8. The van der Waals surface area contributed by atoms with Gasteiger partial charge in [-0.2, -0.15) is 0 Å². The van der Waals surface area contributed by atoms with Gasteiger partial charge in [-0.25, -0.2) is 0 Å². The van der Waals surface area contributed by atoms with E-state index in [0.717, 1.165) is 24.2 Å². The molecule has 0 spiro atoms. The molecule has 0 nitrogen and oxygen atoms in total. The third-order valence-corrected chi connectivity index (χ3v) is 6.27. The highest BCUT2D eigenvalue weighted by atomic mass is 14.3. The van der Waals surface area contributed by atoms with Crippen LogP contribution in [-0.2, 0) is 0 Å². The second kappa shape index (κ2) is 11.9. The van der Waals surface area contributed by atoms with E-state index in [1.54, 1.807) is 5.57 Å². The molecule has 1 aliphatic carbocycles. The molecule has 0 aliphatic heterocycles. The molecular weight excluding hydrogens is 288 g/mol. The molecule has 0 radical (unpaired) electrons. The molecule has 0 saturated heterocycles. The van der Waals surface area contributed by atoms with Gasteiger partial charge < -0.3 is 0 Å². The predicted molar refractivity (Wildman–Crippen MR) is 110 cm³/mol. The summed E-state index contributed by atoms with van der Waals surface area (Å²) in [6.45, 7) is 16.1. The van der Waals surface area contributed by atoms with Crippen molar-refractivity contribution in [3.8, 4) is 0 Å². The largest absolute Gasteiger partial charge is 0.0993 e. The van der Waals surface area contributed by atoms with E-state index >= 15 is 0 Å². The molecule has 0 heteroatoms. The summed E-state index contributed by atoms with van der Waals surface area (Å²) in [6, 6.07) is 0. The normalized spacial score (nSPS) is 21.2. The highest BCUT2D eigenvalue weighted by Gasteiger charge is 2.23. The van der Waals surface area contributed by atoms with Crippen molar-refractivity contribution in [2.75, 3.05) is 0 Å². The van der Waals surface area contributed by atoms with E-state index in [-0.39, 0.29) is 0 Å². The number of hydrogen-bond donors (Lipinski definition) is 0. The monoisotopic (exact) mass is 332 g/mol. The summed E-state index contributed by atoms with van der Waals surface area (Å²) < 4.78 is 0. The van der Waals surface area contributed by atoms with Crippen molar-refractivity contribution in [3.63, 3.8) is 0 Å². The lowest BCUT2D eigenvalue weighted by Crippen LogP contribution is -2.03. The Morgan fingerprint density at radius 3 is 1.96 bits per heavy atom. The Morgan fingerprint density at radius 2 is 1.46 bits per heavy atom. The minimum atomic E-state index is 0.702. The molecule has 1 rings (SSSR count). The van der Waals surface area contributed by atoms with Crippen LogP contribution in [0.3, 0.4) is 0 Å². The second-order valence-corrected chi connectivity index (χ2v) is 8.92. The maximum atomic E-state index is 4.31. The van der Waals surface area contributed by atoms with Crippen LogP contribution >= 0.6 is 0 Å². The highest BCUT2D eigenvalue weighted by Crippen LogP contribution is 2.37. The van der Waals surface area contributed by atoms with Gasteiger partial charge in [0, 0.05) is 0 Å². The van der Waals surface area contributed by atoms with Crippen LogP contribution in [-0.4, -0.2) is 0 Å². The summed E-state index contributed by atoms with van der Waals surface area (Å²) in [5.74, 6) is 3.32. The van der Waals surface area contributed by atoms with Gasteiger partial charge >= 0.3 is 0 Å². The first-order valence-corrected chi connectivity index (χ1v) is 10.8. The minimum absolute atomic E-state index is 0.702. The highest BCUT2D eigenvalue weighted by molar-refractivity contribution is 5.24. The molecule has 24 heavy (non-hydrogen) atoms. The summed E-state index contributed by atoms with van der Waals surface area (Å²) in [5, 5.41) is 0. The lowest BCUT2D eigenvalue weighted by atomic mass is 9.91. The number of hydrogen-bond acceptors (Lipinski definition) is 0. The average Bonchev–Trinajstić information content (AvgIpc) is 3.25. The fourth-order valence-corrected chi connectivity index (χ4v) is 3.38. The van der Waals surface area contributed by atoms with Crippen LogP contribution in [0.25, 0.3) is 0 Å². The number of unbranched alkanes of at least 4 members (excludes halogenated alkanes) is 6. The third-order valence-electron chi connectivity index (χ3n) is 6.27. The van der Waals surface area contributed by atoms with Gasteiger partial charge in [-0.15, -0.1) is 0 Å². The zero-order valence-corrected chi connectivity index (χ0v) is 17.4. The van der Waals surface area contributed by atoms with Gasteiger partial charge in [0.05, 0.1) is 0 Å². The Morgan fingerprint density at radius 1 is 0.958 bits per heavy atom. The fourth-order valence-electron chi connectivity index (χ4n) is 3.38. The molecule has 1 fully saturated rings. The molecule has 140 valence electrons. The van der Waals surface area contributed by atoms with Crippen molar-refractivity contribution in [2.24, 2.45) is 23.7 Å². The van der Waals surface area contributed by atoms with Gasteiger partial charge in [-0.1, -0.05) is 110 Å². The van der Waals surface area contributed by atoms with Gasteiger partial charge in [0.2, 0.25) is 0 Å². The first kappa shape index (κ1) is 21.5. The second-order valence-electron chi connectivity index (χ2n) is 8.92. The van der Waals surface area contributed by atoms with Crippen LogP contribution in [0.1, 0.15) is 105 Å². The van der Waals surface area contributed by atoms with Crippen LogP contribution < -0.4 is 0 Å². The Balaban J connectivity index is 1.89. The van der Waals surface area contributed by atoms with Crippen molar-refractivity contribution >= 4 is 0 Å². The van der Waals surface area contributed by atoms with E-state index in [0.29, 0.717) is 5.92 Å². The van der Waals surface area contributed by atoms with Gasteiger partial charge in [-0.3, -0.25) is 0 Å². The summed E-state index contributed by atoms with van der Waals surface area (Å²) in [6.07, 6.45) is 17.6. The topological polar surface area (TPSA) is 0 Å². The van der Waals surface area contributed by atoms with Crippen molar-refractivity contribution < 1.29 is 0 Å². The van der Waals surface area contributed by atoms with Crippen LogP contribution in [0.2, 0.25) is 0 Å². The average molecular weight is 333 g/mol. The van der Waals surface area contributed by atoms with Crippen LogP contribution in [0.5, 0.6) is 0 Å². The zero-order chi connectivity index (χ0) is 17.9. The van der Waals surface area contributed by atoms with Crippen molar-refractivity contribution in [2.45, 2.75) is 105 Å². The molecule has 0 aromatic heterocycles. The molecule has 3 atom stereocenters. The lowest BCUT2D eigenvalue weighted by Gasteiger charge is -2.15. The van der Waals surface area contributed by atoms with E-state index in [2.05, 4.69) is 47.3 Å². The van der Waals surface area contributed by atoms with E-state index in [9.17, 15) is 0 Å². The zero-order valence-electron chi connectivity index (χ0n) is 17.4. The van der Waals surface area contributed by atoms with Crippen LogP contribution in [0, 0.1) is 23.7 Å². The molecule has 0 aromatic carbocycles. The summed E-state index contributed by atoms with van der Waals surface area (Å²) in [7, 11) is 0. The van der Waals surface area contributed by atoms with E-state index in [1.165, 1.54) is 69.8 Å². The van der Waals surface area contributed by atoms with Crippen molar-refractivity contribution in [1.29, 1.82) is 0 Å². The SMILES string of the molecule is C=C(CC=C1CC1C)C(C)CCCCCCCCCC(C)C(C)C. The Hall–Kier alpha value is -0.520. The quantitative estimate of drug-likeness (QED) is 0.221. The molecule has 0 bridgehead atoms. The van der Waals surface area contributed by atoms with Gasteiger partial charge in [-0.05, 0) is 42.9 Å². The number of allylic oxidation sites excluding steroid dienone is 3. The summed E-state index contributed by atoms with van der Waals surface area (Å²) >= 11 is 0. The van der Waals surface area contributed by atoms with E-state index in [1.807, 2.05) is 0 Å². The molecule has 3 unspecified atom stereocenters. The maximum Gasteiger partial charge on any atom is -0.0136 e. The minimum Gasteiger partial charge on any atom is -0.0993 e. The maximum absolute atomic E-state index is 4.31. The first-order chi connectivity index (χ1) is 11.4. The Bertz CT molecular complexity index is 373. The summed E-state index contributed by atoms with van der Waals surface area (Å²) in [4.78, 5) is 0. The molecule has 1 saturated carbocycles. The molecule has 1 aliphatic rings. The molecule has 0 amide bonds. The molecule has 0 heterocycles. The lowest BCUT2D eigenvalue weighted by molar-refractivity contribution is 0.374. The smallest absolute Gasteiger partial charge is 0.0136 e. The van der Waals surface area contributed by atoms with Gasteiger partial charge in [0.15, 0.2) is 0 Å². The standard InChI is InChI=1S/C24H44/c1-19(2)20(3)14-12-10-8-7-9-11-13-15-21(4)22(5)16-17-24-18-23(24)6/h17,19-21,23H,5,7-16,18H2,1-4,6H3. The Kier molecular flexibility index (Phi) is 10.7. The van der Waals surface area contributed by atoms with Gasteiger partial charge in [0.1, 0.15) is 0 Å². The third kappa shape index (κ3) is 9.70. The fraction of sp³-hybridized carbons (Fsp3) is 0.833.